The molecule has 0 bridgehead atoms. The minimum atomic E-state index is -2.06. The fourth-order valence-corrected chi connectivity index (χ4v) is 9.11. The zero-order valence-electron chi connectivity index (χ0n) is 22.8. The molecule has 0 aliphatic heterocycles. The SMILES string of the molecule is CCCCCCCCCCCCCCCCCCC(O[Si](CC)(CC)C(C)(C)C)C(=O)O. The Balaban J connectivity index is 3.81. The monoisotopic (exact) mass is 470 g/mol. The molecule has 0 aliphatic rings. The van der Waals surface area contributed by atoms with E-state index in [1.807, 2.05) is 0 Å². The maximum atomic E-state index is 11.8. The molecular formula is C28H58O3Si. The van der Waals surface area contributed by atoms with Crippen molar-refractivity contribution < 1.29 is 14.3 Å². The third kappa shape index (κ3) is 14.0. The topological polar surface area (TPSA) is 46.5 Å². The van der Waals surface area contributed by atoms with Gasteiger partial charge in [-0.2, -0.15) is 0 Å². The normalized spacial score (nSPS) is 13.4. The van der Waals surface area contributed by atoms with Crippen LogP contribution in [-0.2, 0) is 9.22 Å². The first kappa shape index (κ1) is 31.6. The molecule has 0 radical (unpaired) electrons. The maximum absolute atomic E-state index is 11.8. The van der Waals surface area contributed by atoms with Crippen LogP contribution in [0.2, 0.25) is 17.1 Å². The lowest BCUT2D eigenvalue weighted by molar-refractivity contribution is -0.146. The molecule has 0 saturated heterocycles. The fraction of sp³-hybridized carbons (Fsp3) is 0.964. The molecule has 0 aromatic rings. The summed E-state index contributed by atoms with van der Waals surface area (Å²) >= 11 is 0. The van der Waals surface area contributed by atoms with Gasteiger partial charge in [0.1, 0.15) is 6.10 Å². The van der Waals surface area contributed by atoms with E-state index in [4.69, 9.17) is 4.43 Å². The summed E-state index contributed by atoms with van der Waals surface area (Å²) in [5.74, 6) is -0.769. The first-order valence-corrected chi connectivity index (χ1v) is 16.5. The number of carboxylic acids is 1. The number of carboxylic acid groups (broad SMARTS) is 1. The average Bonchev–Trinajstić information content (AvgIpc) is 2.74. The highest BCUT2D eigenvalue weighted by Crippen LogP contribution is 2.43. The van der Waals surface area contributed by atoms with Gasteiger partial charge in [0.25, 0.3) is 0 Å². The van der Waals surface area contributed by atoms with Crippen LogP contribution in [0.3, 0.4) is 0 Å². The van der Waals surface area contributed by atoms with E-state index in [-0.39, 0.29) is 5.04 Å². The minimum Gasteiger partial charge on any atom is -0.479 e. The molecule has 0 amide bonds. The van der Waals surface area contributed by atoms with E-state index in [9.17, 15) is 9.90 Å². The van der Waals surface area contributed by atoms with Crippen molar-refractivity contribution in [1.29, 1.82) is 0 Å². The van der Waals surface area contributed by atoms with Crippen LogP contribution in [0.15, 0.2) is 0 Å². The van der Waals surface area contributed by atoms with Gasteiger partial charge in [0.2, 0.25) is 0 Å². The molecule has 0 spiro atoms. The molecule has 0 aromatic carbocycles. The highest BCUT2D eigenvalue weighted by atomic mass is 28.4. The second kappa shape index (κ2) is 19.0. The molecule has 0 fully saturated rings. The van der Waals surface area contributed by atoms with Crippen LogP contribution in [0, 0.1) is 0 Å². The number of unbranched alkanes of at least 4 members (excludes halogenated alkanes) is 15. The van der Waals surface area contributed by atoms with E-state index < -0.39 is 20.4 Å². The van der Waals surface area contributed by atoms with E-state index >= 15 is 0 Å². The van der Waals surface area contributed by atoms with Crippen molar-refractivity contribution >= 4 is 14.3 Å². The standard InChI is InChI=1S/C28H58O3Si/c1-7-10-11-12-13-14-15-16-17-18-19-20-21-22-23-24-25-26(27(29)30)31-32(8-2,9-3)28(4,5)6/h26H,7-25H2,1-6H3,(H,29,30). The molecule has 3 nitrogen and oxygen atoms in total. The number of hydrogen-bond donors (Lipinski definition) is 1. The smallest absolute Gasteiger partial charge is 0.331 e. The molecule has 1 unspecified atom stereocenters. The lowest BCUT2D eigenvalue weighted by Crippen LogP contribution is -2.50. The summed E-state index contributed by atoms with van der Waals surface area (Å²) in [5.41, 5.74) is 0. The number of hydrogen-bond acceptors (Lipinski definition) is 2. The van der Waals surface area contributed by atoms with Gasteiger partial charge in [0.05, 0.1) is 0 Å². The Kier molecular flexibility index (Phi) is 18.8. The second-order valence-electron chi connectivity index (χ2n) is 11.0. The van der Waals surface area contributed by atoms with E-state index in [1.165, 1.54) is 89.9 Å². The van der Waals surface area contributed by atoms with Gasteiger partial charge in [-0.3, -0.25) is 0 Å². The van der Waals surface area contributed by atoms with Crippen LogP contribution in [-0.4, -0.2) is 25.5 Å². The first-order chi connectivity index (χ1) is 15.2. The molecule has 0 aliphatic carbocycles. The molecule has 0 heterocycles. The predicted octanol–water partition coefficient (Wildman–Crippen LogP) is 9.89. The summed E-state index contributed by atoms with van der Waals surface area (Å²) in [7, 11) is -2.06. The summed E-state index contributed by atoms with van der Waals surface area (Å²) in [6.45, 7) is 13.3. The Morgan fingerprint density at radius 3 is 1.31 bits per heavy atom. The molecule has 1 N–H and O–H groups in total. The summed E-state index contributed by atoms with van der Waals surface area (Å²) in [4.78, 5) is 11.8. The zero-order chi connectivity index (χ0) is 24.3. The Morgan fingerprint density at radius 1 is 0.688 bits per heavy atom. The highest BCUT2D eigenvalue weighted by molar-refractivity contribution is 6.76. The van der Waals surface area contributed by atoms with Gasteiger partial charge < -0.3 is 9.53 Å². The summed E-state index contributed by atoms with van der Waals surface area (Å²) in [5, 5.41) is 9.78. The van der Waals surface area contributed by atoms with Crippen LogP contribution >= 0.6 is 0 Å². The quantitative estimate of drug-likeness (QED) is 0.126. The van der Waals surface area contributed by atoms with Crippen LogP contribution in [0.5, 0.6) is 0 Å². The van der Waals surface area contributed by atoms with Gasteiger partial charge in [-0.25, -0.2) is 4.79 Å². The predicted molar refractivity (Wildman–Crippen MR) is 143 cm³/mol. The molecule has 32 heavy (non-hydrogen) atoms. The van der Waals surface area contributed by atoms with Gasteiger partial charge >= 0.3 is 5.97 Å². The molecule has 4 heteroatoms. The second-order valence-corrected chi connectivity index (χ2v) is 16.1. The summed E-state index contributed by atoms with van der Waals surface area (Å²) in [6.07, 6.45) is 21.5. The van der Waals surface area contributed by atoms with Gasteiger partial charge in [0.15, 0.2) is 8.32 Å². The van der Waals surface area contributed by atoms with Crippen molar-refractivity contribution in [2.24, 2.45) is 0 Å². The number of aliphatic carboxylic acids is 1. The molecular weight excluding hydrogens is 412 g/mol. The highest BCUT2D eigenvalue weighted by Gasteiger charge is 2.46. The minimum absolute atomic E-state index is 0.0683. The zero-order valence-corrected chi connectivity index (χ0v) is 23.8. The van der Waals surface area contributed by atoms with E-state index in [1.54, 1.807) is 0 Å². The Bertz CT molecular complexity index is 440. The Hall–Kier alpha value is -0.353. The van der Waals surface area contributed by atoms with Gasteiger partial charge in [0, 0.05) is 0 Å². The van der Waals surface area contributed by atoms with Crippen LogP contribution in [0.1, 0.15) is 151 Å². The first-order valence-electron chi connectivity index (χ1n) is 14.1. The van der Waals surface area contributed by atoms with Gasteiger partial charge in [-0.15, -0.1) is 0 Å². The maximum Gasteiger partial charge on any atom is 0.331 e. The van der Waals surface area contributed by atoms with Gasteiger partial charge in [-0.05, 0) is 23.5 Å². The lowest BCUT2D eigenvalue weighted by atomic mass is 10.0. The van der Waals surface area contributed by atoms with Crippen molar-refractivity contribution in [2.75, 3.05) is 0 Å². The molecule has 1 atom stereocenters. The molecule has 0 saturated carbocycles. The third-order valence-electron chi connectivity index (χ3n) is 7.47. The Morgan fingerprint density at radius 2 is 1.03 bits per heavy atom. The lowest BCUT2D eigenvalue weighted by Gasteiger charge is -2.42. The molecule has 0 rings (SSSR count). The van der Waals surface area contributed by atoms with E-state index in [2.05, 4.69) is 41.5 Å². The van der Waals surface area contributed by atoms with Crippen LogP contribution < -0.4 is 0 Å². The van der Waals surface area contributed by atoms with Crippen molar-refractivity contribution in [1.82, 2.24) is 0 Å². The molecule has 192 valence electrons. The van der Waals surface area contributed by atoms with E-state index in [0.29, 0.717) is 6.42 Å². The van der Waals surface area contributed by atoms with Gasteiger partial charge in [-0.1, -0.05) is 144 Å². The van der Waals surface area contributed by atoms with Crippen LogP contribution in [0.4, 0.5) is 0 Å². The van der Waals surface area contributed by atoms with Crippen molar-refractivity contribution in [3.05, 3.63) is 0 Å². The van der Waals surface area contributed by atoms with Crippen molar-refractivity contribution in [3.8, 4) is 0 Å². The Labute approximate surface area is 202 Å². The van der Waals surface area contributed by atoms with E-state index in [0.717, 1.165) is 24.9 Å². The molecule has 0 aromatic heterocycles. The third-order valence-corrected chi connectivity index (χ3v) is 13.2. The number of rotatable bonds is 22. The summed E-state index contributed by atoms with van der Waals surface area (Å²) in [6, 6.07) is 1.96. The largest absolute Gasteiger partial charge is 0.479 e. The van der Waals surface area contributed by atoms with Crippen molar-refractivity contribution in [2.45, 2.75) is 174 Å². The fourth-order valence-electron chi connectivity index (χ4n) is 5.04. The average molecular weight is 471 g/mol. The number of carbonyl (C=O) groups is 1. The van der Waals surface area contributed by atoms with Crippen molar-refractivity contribution in [3.63, 3.8) is 0 Å². The van der Waals surface area contributed by atoms with Crippen LogP contribution in [0.25, 0.3) is 0 Å². The summed E-state index contributed by atoms with van der Waals surface area (Å²) < 4.78 is 6.43.